The van der Waals surface area contributed by atoms with Gasteiger partial charge < -0.3 is 26.0 Å². The van der Waals surface area contributed by atoms with E-state index in [1.54, 1.807) is 18.2 Å². The van der Waals surface area contributed by atoms with E-state index in [1.807, 2.05) is 0 Å². The number of benzene rings is 2. The van der Waals surface area contributed by atoms with Crippen LogP contribution in [-0.2, 0) is 6.54 Å². The molecular weight excluding hydrogens is 272 g/mol. The Morgan fingerprint density at radius 3 is 2.57 bits per heavy atom. The Labute approximate surface area is 121 Å². The molecule has 21 heavy (non-hydrogen) atoms. The molecule has 0 spiro atoms. The molecule has 6 heteroatoms. The Kier molecular flexibility index (Phi) is 4.18. The second-order valence-corrected chi connectivity index (χ2v) is 4.46. The van der Waals surface area contributed by atoms with E-state index in [1.165, 1.54) is 25.3 Å². The van der Waals surface area contributed by atoms with Crippen LogP contribution in [0, 0.1) is 0 Å². The molecule has 0 bridgehead atoms. The standard InChI is InChI=1S/C15H16N2O4/c1-21-14-5-2-9(6-11(14)16)8-17-15(20)10-3-4-12(18)13(19)7-10/h2-7,18-19H,8,16H2,1H3,(H,17,20). The highest BCUT2D eigenvalue weighted by Gasteiger charge is 2.09. The molecule has 6 nitrogen and oxygen atoms in total. The quantitative estimate of drug-likeness (QED) is 0.505. The number of amides is 1. The number of rotatable bonds is 4. The lowest BCUT2D eigenvalue weighted by Gasteiger charge is -2.09. The molecule has 0 heterocycles. The number of phenols is 2. The van der Waals surface area contributed by atoms with Crippen LogP contribution in [0.15, 0.2) is 36.4 Å². The number of ether oxygens (including phenoxy) is 1. The fourth-order valence-corrected chi connectivity index (χ4v) is 1.84. The third-order valence-electron chi connectivity index (χ3n) is 2.98. The number of carbonyl (C=O) groups is 1. The zero-order valence-corrected chi connectivity index (χ0v) is 11.5. The second kappa shape index (κ2) is 6.04. The minimum atomic E-state index is -0.361. The molecule has 2 aromatic rings. The first-order valence-corrected chi connectivity index (χ1v) is 6.24. The molecule has 0 radical (unpaired) electrons. The van der Waals surface area contributed by atoms with Gasteiger partial charge in [0.25, 0.3) is 5.91 Å². The number of aromatic hydroxyl groups is 2. The van der Waals surface area contributed by atoms with E-state index in [0.717, 1.165) is 5.56 Å². The first-order valence-electron chi connectivity index (χ1n) is 6.24. The molecule has 0 saturated heterocycles. The van der Waals surface area contributed by atoms with Crippen LogP contribution in [0.4, 0.5) is 5.69 Å². The van der Waals surface area contributed by atoms with Gasteiger partial charge in [0.1, 0.15) is 5.75 Å². The lowest BCUT2D eigenvalue weighted by molar-refractivity contribution is 0.0950. The predicted molar refractivity (Wildman–Crippen MR) is 78.3 cm³/mol. The number of methoxy groups -OCH3 is 1. The van der Waals surface area contributed by atoms with Crippen molar-refractivity contribution >= 4 is 11.6 Å². The van der Waals surface area contributed by atoms with Crippen LogP contribution in [0.3, 0.4) is 0 Å². The number of phenolic OH excluding ortho intramolecular Hbond substituents is 2. The van der Waals surface area contributed by atoms with E-state index in [2.05, 4.69) is 5.32 Å². The maximum Gasteiger partial charge on any atom is 0.251 e. The summed E-state index contributed by atoms with van der Waals surface area (Å²) >= 11 is 0. The number of nitrogen functional groups attached to an aromatic ring is 1. The van der Waals surface area contributed by atoms with Crippen molar-refractivity contribution in [1.82, 2.24) is 5.32 Å². The molecule has 2 rings (SSSR count). The topological polar surface area (TPSA) is 105 Å². The number of carbonyl (C=O) groups excluding carboxylic acids is 1. The summed E-state index contributed by atoms with van der Waals surface area (Å²) in [5, 5.41) is 21.3. The second-order valence-electron chi connectivity index (χ2n) is 4.46. The van der Waals surface area contributed by atoms with Gasteiger partial charge in [-0.2, -0.15) is 0 Å². The molecule has 0 fully saturated rings. The zero-order valence-electron chi connectivity index (χ0n) is 11.5. The molecule has 0 atom stereocenters. The molecule has 0 unspecified atom stereocenters. The van der Waals surface area contributed by atoms with Gasteiger partial charge in [-0.1, -0.05) is 6.07 Å². The van der Waals surface area contributed by atoms with Gasteiger partial charge in [-0.3, -0.25) is 4.79 Å². The summed E-state index contributed by atoms with van der Waals surface area (Å²) in [6, 6.07) is 9.12. The van der Waals surface area contributed by atoms with Crippen LogP contribution < -0.4 is 15.8 Å². The predicted octanol–water partition coefficient (Wildman–Crippen LogP) is 1.62. The van der Waals surface area contributed by atoms with E-state index < -0.39 is 0 Å². The molecule has 5 N–H and O–H groups in total. The van der Waals surface area contributed by atoms with Crippen LogP contribution >= 0.6 is 0 Å². The monoisotopic (exact) mass is 288 g/mol. The van der Waals surface area contributed by atoms with Gasteiger partial charge in [-0.15, -0.1) is 0 Å². The third-order valence-corrected chi connectivity index (χ3v) is 2.98. The summed E-state index contributed by atoms with van der Waals surface area (Å²) in [6.45, 7) is 0.286. The lowest BCUT2D eigenvalue weighted by atomic mass is 10.1. The highest BCUT2D eigenvalue weighted by molar-refractivity contribution is 5.94. The molecule has 2 aromatic carbocycles. The molecule has 0 aliphatic carbocycles. The van der Waals surface area contributed by atoms with Crippen molar-refractivity contribution in [3.63, 3.8) is 0 Å². The van der Waals surface area contributed by atoms with Gasteiger partial charge in [0.05, 0.1) is 12.8 Å². The van der Waals surface area contributed by atoms with E-state index in [-0.39, 0.29) is 29.5 Å². The average molecular weight is 288 g/mol. The summed E-state index contributed by atoms with van der Waals surface area (Å²) in [5.74, 6) is -0.390. The molecule has 1 amide bonds. The van der Waals surface area contributed by atoms with E-state index in [4.69, 9.17) is 10.5 Å². The van der Waals surface area contributed by atoms with Gasteiger partial charge in [0.2, 0.25) is 0 Å². The van der Waals surface area contributed by atoms with Crippen molar-refractivity contribution in [2.45, 2.75) is 6.54 Å². The van der Waals surface area contributed by atoms with Crippen LogP contribution in [-0.4, -0.2) is 23.2 Å². The Balaban J connectivity index is 2.03. The summed E-state index contributed by atoms with van der Waals surface area (Å²) in [4.78, 5) is 11.9. The number of nitrogens with one attached hydrogen (secondary N) is 1. The summed E-state index contributed by atoms with van der Waals surface area (Å²) in [7, 11) is 1.53. The fraction of sp³-hybridized carbons (Fsp3) is 0.133. The van der Waals surface area contributed by atoms with Crippen molar-refractivity contribution in [3.05, 3.63) is 47.5 Å². The van der Waals surface area contributed by atoms with E-state index in [0.29, 0.717) is 11.4 Å². The van der Waals surface area contributed by atoms with Crippen LogP contribution in [0.1, 0.15) is 15.9 Å². The normalized spacial score (nSPS) is 10.1. The van der Waals surface area contributed by atoms with Crippen LogP contribution in [0.25, 0.3) is 0 Å². The Hall–Kier alpha value is -2.89. The van der Waals surface area contributed by atoms with E-state index >= 15 is 0 Å². The maximum atomic E-state index is 11.9. The van der Waals surface area contributed by atoms with Crippen molar-refractivity contribution in [1.29, 1.82) is 0 Å². The van der Waals surface area contributed by atoms with Crippen molar-refractivity contribution < 1.29 is 19.7 Å². The highest BCUT2D eigenvalue weighted by Crippen LogP contribution is 2.25. The molecule has 0 saturated carbocycles. The van der Waals surface area contributed by atoms with E-state index in [9.17, 15) is 15.0 Å². The Bertz CT molecular complexity index is 671. The first kappa shape index (κ1) is 14.5. The molecule has 0 aliphatic rings. The number of anilines is 1. The SMILES string of the molecule is COc1ccc(CNC(=O)c2ccc(O)c(O)c2)cc1N. The number of hydrogen-bond acceptors (Lipinski definition) is 5. The molecule has 110 valence electrons. The number of nitrogens with two attached hydrogens (primary N) is 1. The number of hydrogen-bond donors (Lipinski definition) is 4. The Morgan fingerprint density at radius 1 is 1.19 bits per heavy atom. The minimum Gasteiger partial charge on any atom is -0.504 e. The smallest absolute Gasteiger partial charge is 0.251 e. The summed E-state index contributed by atoms with van der Waals surface area (Å²) < 4.78 is 5.06. The van der Waals surface area contributed by atoms with Gasteiger partial charge in [-0.05, 0) is 35.9 Å². The third kappa shape index (κ3) is 3.36. The van der Waals surface area contributed by atoms with Crippen molar-refractivity contribution in [3.8, 4) is 17.2 Å². The largest absolute Gasteiger partial charge is 0.504 e. The van der Waals surface area contributed by atoms with Gasteiger partial charge in [0.15, 0.2) is 11.5 Å². The highest BCUT2D eigenvalue weighted by atomic mass is 16.5. The van der Waals surface area contributed by atoms with Gasteiger partial charge in [0, 0.05) is 12.1 Å². The van der Waals surface area contributed by atoms with Gasteiger partial charge in [-0.25, -0.2) is 0 Å². The first-order chi connectivity index (χ1) is 10.0. The average Bonchev–Trinajstić information content (AvgIpc) is 2.47. The Morgan fingerprint density at radius 2 is 1.95 bits per heavy atom. The van der Waals surface area contributed by atoms with Crippen LogP contribution in [0.2, 0.25) is 0 Å². The summed E-state index contributed by atoms with van der Waals surface area (Å²) in [5.41, 5.74) is 7.36. The zero-order chi connectivity index (χ0) is 15.4. The van der Waals surface area contributed by atoms with Crippen molar-refractivity contribution in [2.75, 3.05) is 12.8 Å². The fourth-order valence-electron chi connectivity index (χ4n) is 1.84. The molecule has 0 aromatic heterocycles. The minimum absolute atomic E-state index is 0.256. The lowest BCUT2D eigenvalue weighted by Crippen LogP contribution is -2.22. The van der Waals surface area contributed by atoms with Gasteiger partial charge >= 0.3 is 0 Å². The van der Waals surface area contributed by atoms with Crippen molar-refractivity contribution in [2.24, 2.45) is 0 Å². The maximum absolute atomic E-state index is 11.9. The summed E-state index contributed by atoms with van der Waals surface area (Å²) in [6.07, 6.45) is 0. The molecule has 0 aliphatic heterocycles. The van der Waals surface area contributed by atoms with Crippen LogP contribution in [0.5, 0.6) is 17.2 Å². The molecular formula is C15H16N2O4.